The van der Waals surface area contributed by atoms with Crippen LogP contribution in [0.2, 0.25) is 6.32 Å². The summed E-state index contributed by atoms with van der Waals surface area (Å²) >= 11 is 0. The zero-order valence-electron chi connectivity index (χ0n) is 7.17. The smallest absolute Gasteiger partial charge is 0.375 e. The molecule has 3 nitrogen and oxygen atoms in total. The summed E-state index contributed by atoms with van der Waals surface area (Å²) in [6.45, 7) is 2.72. The molecule has 1 aliphatic heterocycles. The summed E-state index contributed by atoms with van der Waals surface area (Å²) in [4.78, 5) is 12.8. The van der Waals surface area contributed by atoms with Crippen LogP contribution >= 0.6 is 0 Å². The summed E-state index contributed by atoms with van der Waals surface area (Å²) in [6, 6.07) is 0. The van der Waals surface area contributed by atoms with Crippen LogP contribution in [0.25, 0.3) is 0 Å². The van der Waals surface area contributed by atoms with Crippen molar-refractivity contribution in [2.24, 2.45) is 0 Å². The molecular weight excluding hydrogens is 141 g/mol. The monoisotopic (exact) mass is 155 g/mol. The summed E-state index contributed by atoms with van der Waals surface area (Å²) in [7, 11) is 2.05. The molecule has 0 atom stereocenters. The van der Waals surface area contributed by atoms with Gasteiger partial charge >= 0.3 is 6.92 Å². The molecule has 0 spiro atoms. The van der Waals surface area contributed by atoms with Crippen LogP contribution in [0.3, 0.4) is 0 Å². The fraction of sp³-hybridized carbons (Fsp3) is 0.857. The Bertz CT molecular complexity index is 151. The first-order valence-corrected chi connectivity index (χ1v) is 4.04. The third kappa shape index (κ3) is 2.93. The molecule has 0 bridgehead atoms. The Balaban J connectivity index is 2.28. The standard InChI is InChI=1S/C7H14BNO2/c1-7(10)11-8-4-3-5-9(2)6-8/h3-6H2,1-2H3. The second-order valence-corrected chi connectivity index (χ2v) is 3.14. The van der Waals surface area contributed by atoms with E-state index in [0.717, 1.165) is 25.7 Å². The van der Waals surface area contributed by atoms with Crippen molar-refractivity contribution in [3.63, 3.8) is 0 Å². The molecule has 0 aromatic carbocycles. The number of nitrogens with zero attached hydrogens (tertiary/aromatic N) is 1. The van der Waals surface area contributed by atoms with Crippen LogP contribution in [0.4, 0.5) is 0 Å². The predicted octanol–water partition coefficient (Wildman–Crippen LogP) is 0.416. The number of carbonyl (C=O) groups is 1. The van der Waals surface area contributed by atoms with Gasteiger partial charge in [-0.05, 0) is 26.3 Å². The average Bonchev–Trinajstić information content (AvgIpc) is 1.85. The summed E-state index contributed by atoms with van der Waals surface area (Å²) in [6.07, 6.45) is 3.04. The van der Waals surface area contributed by atoms with E-state index in [1.165, 1.54) is 6.92 Å². The lowest BCUT2D eigenvalue weighted by Crippen LogP contribution is -2.40. The Morgan fingerprint density at radius 1 is 1.64 bits per heavy atom. The van der Waals surface area contributed by atoms with Crippen molar-refractivity contribution in [3.8, 4) is 0 Å². The topological polar surface area (TPSA) is 29.5 Å². The fourth-order valence-corrected chi connectivity index (χ4v) is 1.45. The Morgan fingerprint density at radius 2 is 2.36 bits per heavy atom. The largest absolute Gasteiger partial charge is 0.535 e. The van der Waals surface area contributed by atoms with Crippen LogP contribution in [0, 0.1) is 0 Å². The molecular formula is C7H14BNO2. The molecule has 4 heteroatoms. The summed E-state index contributed by atoms with van der Waals surface area (Å²) in [5.41, 5.74) is 0. The highest BCUT2D eigenvalue weighted by molar-refractivity contribution is 6.54. The van der Waals surface area contributed by atoms with E-state index < -0.39 is 0 Å². The molecule has 1 rings (SSSR count). The summed E-state index contributed by atoms with van der Waals surface area (Å²) in [5, 5.41) is 0. The molecule has 0 amide bonds. The lowest BCUT2D eigenvalue weighted by Gasteiger charge is -2.26. The van der Waals surface area contributed by atoms with E-state index in [0.29, 0.717) is 0 Å². The molecule has 0 aliphatic carbocycles. The fourth-order valence-electron chi connectivity index (χ4n) is 1.45. The van der Waals surface area contributed by atoms with E-state index in [1.807, 2.05) is 0 Å². The van der Waals surface area contributed by atoms with Crippen LogP contribution in [0.1, 0.15) is 13.3 Å². The van der Waals surface area contributed by atoms with Crippen molar-refractivity contribution in [1.29, 1.82) is 0 Å². The van der Waals surface area contributed by atoms with Crippen molar-refractivity contribution < 1.29 is 9.45 Å². The first kappa shape index (κ1) is 8.59. The normalized spacial score (nSPS) is 20.0. The number of carbonyl (C=O) groups excluding carboxylic acids is 1. The van der Waals surface area contributed by atoms with Gasteiger partial charge in [-0.3, -0.25) is 4.79 Å². The van der Waals surface area contributed by atoms with Crippen LogP contribution in [0.15, 0.2) is 0 Å². The molecule has 0 saturated carbocycles. The number of rotatable bonds is 1. The van der Waals surface area contributed by atoms with Crippen molar-refractivity contribution in [2.75, 3.05) is 20.0 Å². The second kappa shape index (κ2) is 3.76. The minimum Gasteiger partial charge on any atom is -0.535 e. The van der Waals surface area contributed by atoms with E-state index >= 15 is 0 Å². The second-order valence-electron chi connectivity index (χ2n) is 3.14. The zero-order valence-corrected chi connectivity index (χ0v) is 7.17. The first-order valence-electron chi connectivity index (χ1n) is 4.04. The summed E-state index contributed by atoms with van der Waals surface area (Å²) < 4.78 is 5.08. The lowest BCUT2D eigenvalue weighted by molar-refractivity contribution is -0.132. The Kier molecular flexibility index (Phi) is 2.94. The highest BCUT2D eigenvalue weighted by Gasteiger charge is 2.24. The molecule has 1 aliphatic rings. The van der Waals surface area contributed by atoms with Gasteiger partial charge in [0.2, 0.25) is 0 Å². The first-order chi connectivity index (χ1) is 5.18. The minimum absolute atomic E-state index is 0.131. The van der Waals surface area contributed by atoms with Gasteiger partial charge in [0, 0.05) is 13.4 Å². The lowest BCUT2D eigenvalue weighted by atomic mass is 9.61. The van der Waals surface area contributed by atoms with Gasteiger partial charge in [0.25, 0.3) is 5.97 Å². The highest BCUT2D eigenvalue weighted by atomic mass is 16.5. The molecule has 62 valence electrons. The van der Waals surface area contributed by atoms with Gasteiger partial charge in [-0.25, -0.2) is 0 Å². The van der Waals surface area contributed by atoms with Crippen LogP contribution in [-0.2, 0) is 9.45 Å². The van der Waals surface area contributed by atoms with E-state index in [2.05, 4.69) is 11.9 Å². The minimum atomic E-state index is -0.162. The number of hydrogen-bond donors (Lipinski definition) is 0. The van der Waals surface area contributed by atoms with Crippen LogP contribution in [-0.4, -0.2) is 37.8 Å². The van der Waals surface area contributed by atoms with E-state index in [-0.39, 0.29) is 12.9 Å². The van der Waals surface area contributed by atoms with Crippen molar-refractivity contribution in [2.45, 2.75) is 19.7 Å². The predicted molar refractivity (Wildman–Crippen MR) is 44.4 cm³/mol. The van der Waals surface area contributed by atoms with Gasteiger partial charge < -0.3 is 9.55 Å². The van der Waals surface area contributed by atoms with E-state index in [9.17, 15) is 4.79 Å². The van der Waals surface area contributed by atoms with Crippen molar-refractivity contribution in [1.82, 2.24) is 4.90 Å². The van der Waals surface area contributed by atoms with Gasteiger partial charge in [0.1, 0.15) is 0 Å². The molecule has 0 unspecified atom stereocenters. The molecule has 0 aromatic rings. The quantitative estimate of drug-likeness (QED) is 0.513. The maximum absolute atomic E-state index is 10.6. The molecule has 11 heavy (non-hydrogen) atoms. The average molecular weight is 155 g/mol. The van der Waals surface area contributed by atoms with E-state index in [4.69, 9.17) is 4.65 Å². The maximum atomic E-state index is 10.6. The molecule has 1 heterocycles. The van der Waals surface area contributed by atoms with Crippen LogP contribution in [0.5, 0.6) is 0 Å². The highest BCUT2D eigenvalue weighted by Crippen LogP contribution is 2.08. The van der Waals surface area contributed by atoms with Gasteiger partial charge in [0.15, 0.2) is 0 Å². The van der Waals surface area contributed by atoms with Crippen molar-refractivity contribution >= 4 is 12.9 Å². The Labute approximate surface area is 67.8 Å². The van der Waals surface area contributed by atoms with Gasteiger partial charge in [-0.15, -0.1) is 0 Å². The number of hydrogen-bond acceptors (Lipinski definition) is 3. The summed E-state index contributed by atoms with van der Waals surface area (Å²) in [5.74, 6) is -0.162. The van der Waals surface area contributed by atoms with Gasteiger partial charge in [-0.2, -0.15) is 0 Å². The molecule has 1 saturated heterocycles. The SMILES string of the molecule is CC(=O)OB1CCCN(C)C1. The third-order valence-corrected chi connectivity index (χ3v) is 1.91. The molecule has 0 N–H and O–H groups in total. The molecule has 0 aromatic heterocycles. The van der Waals surface area contributed by atoms with Crippen LogP contribution < -0.4 is 0 Å². The maximum Gasteiger partial charge on any atom is 0.375 e. The van der Waals surface area contributed by atoms with E-state index in [1.54, 1.807) is 0 Å². The zero-order chi connectivity index (χ0) is 8.27. The van der Waals surface area contributed by atoms with Crippen molar-refractivity contribution in [3.05, 3.63) is 0 Å². The Hall–Kier alpha value is -0.505. The van der Waals surface area contributed by atoms with Gasteiger partial charge in [0.05, 0.1) is 0 Å². The Morgan fingerprint density at radius 3 is 2.91 bits per heavy atom. The molecule has 0 radical (unpaired) electrons. The molecule has 1 fully saturated rings. The third-order valence-electron chi connectivity index (χ3n) is 1.91. The van der Waals surface area contributed by atoms with Gasteiger partial charge in [-0.1, -0.05) is 0 Å².